The van der Waals surface area contributed by atoms with Crippen molar-refractivity contribution in [1.29, 1.82) is 0 Å². The van der Waals surface area contributed by atoms with Crippen LogP contribution in [0.3, 0.4) is 0 Å². The largest absolute Gasteiger partial charge is 0.477 e. The van der Waals surface area contributed by atoms with Crippen molar-refractivity contribution in [2.75, 3.05) is 27.2 Å². The fourth-order valence-electron chi connectivity index (χ4n) is 1.81. The summed E-state index contributed by atoms with van der Waals surface area (Å²) < 4.78 is 0.473. The van der Waals surface area contributed by atoms with Gasteiger partial charge < -0.3 is 9.59 Å². The van der Waals surface area contributed by atoms with E-state index in [-0.39, 0.29) is 12.0 Å². The van der Waals surface area contributed by atoms with Crippen LogP contribution in [0.15, 0.2) is 0 Å². The van der Waals surface area contributed by atoms with E-state index in [9.17, 15) is 9.59 Å². The van der Waals surface area contributed by atoms with Crippen LogP contribution in [0, 0.1) is 5.41 Å². The predicted molar refractivity (Wildman–Crippen MR) is 72.4 cm³/mol. The lowest BCUT2D eigenvalue weighted by Gasteiger charge is -2.28. The van der Waals surface area contributed by atoms with Crippen molar-refractivity contribution in [3.05, 3.63) is 0 Å². The van der Waals surface area contributed by atoms with E-state index in [2.05, 4.69) is 0 Å². The molecular weight excluding hydrogens is 230 g/mol. The molecule has 0 bridgehead atoms. The molecule has 0 unspecified atom stereocenters. The Morgan fingerprint density at radius 1 is 1.17 bits per heavy atom. The van der Waals surface area contributed by atoms with Crippen molar-refractivity contribution < 1.29 is 19.2 Å². The summed E-state index contributed by atoms with van der Waals surface area (Å²) >= 11 is 0. The minimum Gasteiger partial charge on any atom is -0.477 e. The molecule has 1 N–H and O–H groups in total. The summed E-state index contributed by atoms with van der Waals surface area (Å²) in [4.78, 5) is 22.6. The van der Waals surface area contributed by atoms with Crippen molar-refractivity contribution in [3.63, 3.8) is 0 Å². The van der Waals surface area contributed by atoms with Crippen LogP contribution in [0.5, 0.6) is 0 Å². The van der Waals surface area contributed by atoms with Gasteiger partial charge in [0, 0.05) is 11.8 Å². The summed E-state index contributed by atoms with van der Waals surface area (Å²) in [5.74, 6) is -0.461. The Hall–Kier alpha value is -0.900. The molecule has 0 amide bonds. The molecule has 4 nitrogen and oxygen atoms in total. The second-order valence-corrected chi connectivity index (χ2v) is 6.33. The molecule has 0 aromatic carbocycles. The standard InChI is InChI=1S/C14H27NO3/c1-6-14(2,3)12(16)9-7-8-10-15(4,5)11-13(17)18/h6-11H2,1-5H3/p+1. The van der Waals surface area contributed by atoms with Crippen LogP contribution < -0.4 is 0 Å². The Balaban J connectivity index is 3.94. The van der Waals surface area contributed by atoms with Gasteiger partial charge in [0.2, 0.25) is 0 Å². The van der Waals surface area contributed by atoms with Crippen molar-refractivity contribution in [2.24, 2.45) is 5.41 Å². The van der Waals surface area contributed by atoms with Crippen molar-refractivity contribution in [2.45, 2.75) is 46.5 Å². The monoisotopic (exact) mass is 258 g/mol. The Kier molecular flexibility index (Phi) is 6.54. The third-order valence-electron chi connectivity index (χ3n) is 3.62. The number of unbranched alkanes of at least 4 members (excludes halogenated alkanes) is 1. The molecular formula is C14H28NO3+. The zero-order valence-corrected chi connectivity index (χ0v) is 12.5. The first kappa shape index (κ1) is 17.1. The molecule has 0 fully saturated rings. The summed E-state index contributed by atoms with van der Waals surface area (Å²) in [5.41, 5.74) is -0.217. The number of carboxylic acids is 1. The van der Waals surface area contributed by atoms with Crippen LogP contribution in [0.2, 0.25) is 0 Å². The van der Waals surface area contributed by atoms with Gasteiger partial charge in [0.15, 0.2) is 6.54 Å². The number of nitrogens with zero attached hydrogens (tertiary/aromatic N) is 1. The Labute approximate surface area is 111 Å². The zero-order chi connectivity index (χ0) is 14.4. The quantitative estimate of drug-likeness (QED) is 0.510. The smallest absolute Gasteiger partial charge is 0.359 e. The number of carboxylic acid groups (broad SMARTS) is 1. The van der Waals surface area contributed by atoms with Gasteiger partial charge >= 0.3 is 5.97 Å². The SMILES string of the molecule is CCC(C)(C)C(=O)CCCC[N+](C)(C)CC(=O)O. The fourth-order valence-corrected chi connectivity index (χ4v) is 1.81. The minimum atomic E-state index is -0.775. The van der Waals surface area contributed by atoms with Gasteiger partial charge in [0.1, 0.15) is 5.78 Å². The van der Waals surface area contributed by atoms with Crippen molar-refractivity contribution >= 4 is 11.8 Å². The Morgan fingerprint density at radius 3 is 2.17 bits per heavy atom. The Bertz CT molecular complexity index is 295. The van der Waals surface area contributed by atoms with E-state index < -0.39 is 5.97 Å². The van der Waals surface area contributed by atoms with Gasteiger partial charge in [-0.05, 0) is 19.3 Å². The number of carbonyl (C=O) groups excluding carboxylic acids is 1. The molecule has 106 valence electrons. The molecule has 0 radical (unpaired) electrons. The van der Waals surface area contributed by atoms with Gasteiger partial charge in [-0.25, -0.2) is 4.79 Å². The highest BCUT2D eigenvalue weighted by atomic mass is 16.4. The van der Waals surface area contributed by atoms with Gasteiger partial charge in [0.25, 0.3) is 0 Å². The fraction of sp³-hybridized carbons (Fsp3) is 0.857. The van der Waals surface area contributed by atoms with E-state index in [4.69, 9.17) is 5.11 Å². The van der Waals surface area contributed by atoms with Gasteiger partial charge in [0.05, 0.1) is 20.6 Å². The van der Waals surface area contributed by atoms with E-state index in [0.29, 0.717) is 16.7 Å². The lowest BCUT2D eigenvalue weighted by molar-refractivity contribution is -0.883. The molecule has 0 spiro atoms. The number of aliphatic carboxylic acids is 1. The molecule has 0 saturated heterocycles. The van der Waals surface area contributed by atoms with Crippen LogP contribution in [0.4, 0.5) is 0 Å². The van der Waals surface area contributed by atoms with E-state index in [1.807, 2.05) is 34.9 Å². The highest BCUT2D eigenvalue weighted by Gasteiger charge is 2.25. The second-order valence-electron chi connectivity index (χ2n) is 6.33. The van der Waals surface area contributed by atoms with Crippen LogP contribution >= 0.6 is 0 Å². The van der Waals surface area contributed by atoms with Gasteiger partial charge in [-0.15, -0.1) is 0 Å². The van der Waals surface area contributed by atoms with E-state index in [0.717, 1.165) is 25.8 Å². The van der Waals surface area contributed by atoms with E-state index >= 15 is 0 Å². The first-order valence-electron chi connectivity index (χ1n) is 6.68. The second kappa shape index (κ2) is 6.88. The molecule has 0 aromatic rings. The maximum absolute atomic E-state index is 11.9. The van der Waals surface area contributed by atoms with E-state index in [1.54, 1.807) is 0 Å². The normalized spacial score (nSPS) is 12.5. The molecule has 18 heavy (non-hydrogen) atoms. The molecule has 0 aliphatic rings. The lowest BCUT2D eigenvalue weighted by atomic mass is 9.83. The number of quaternary nitrogens is 1. The molecule has 4 heteroatoms. The van der Waals surface area contributed by atoms with Gasteiger partial charge in [-0.2, -0.15) is 0 Å². The van der Waals surface area contributed by atoms with Crippen LogP contribution in [-0.4, -0.2) is 48.5 Å². The lowest BCUT2D eigenvalue weighted by Crippen LogP contribution is -2.44. The van der Waals surface area contributed by atoms with Crippen LogP contribution in [0.1, 0.15) is 46.5 Å². The van der Waals surface area contributed by atoms with Gasteiger partial charge in [-0.1, -0.05) is 20.8 Å². The maximum Gasteiger partial charge on any atom is 0.359 e. The summed E-state index contributed by atoms with van der Waals surface area (Å²) in [6.07, 6.45) is 3.22. The third kappa shape index (κ3) is 6.74. The third-order valence-corrected chi connectivity index (χ3v) is 3.62. The molecule has 0 rings (SSSR count). The number of likely N-dealkylation sites (N-methyl/N-ethyl adjacent to an activating group) is 1. The summed E-state index contributed by atoms with van der Waals surface area (Å²) in [5, 5.41) is 8.76. The molecule has 0 atom stereocenters. The first-order valence-corrected chi connectivity index (χ1v) is 6.68. The van der Waals surface area contributed by atoms with Crippen molar-refractivity contribution in [1.82, 2.24) is 0 Å². The summed E-state index contributed by atoms with van der Waals surface area (Å²) in [7, 11) is 3.82. The number of Topliss-reactive ketones (excluding diaryl/α,β-unsaturated/α-hetero) is 1. The van der Waals surface area contributed by atoms with Crippen LogP contribution in [-0.2, 0) is 9.59 Å². The molecule has 0 aromatic heterocycles. The molecule has 0 aliphatic heterocycles. The maximum atomic E-state index is 11.9. The first-order chi connectivity index (χ1) is 8.10. The van der Waals surface area contributed by atoms with Gasteiger partial charge in [-0.3, -0.25) is 4.79 Å². The predicted octanol–water partition coefficient (Wildman–Crippen LogP) is 2.32. The number of hydrogen-bond acceptors (Lipinski definition) is 2. The van der Waals surface area contributed by atoms with Crippen molar-refractivity contribution in [3.8, 4) is 0 Å². The van der Waals surface area contributed by atoms with Crippen LogP contribution in [0.25, 0.3) is 0 Å². The topological polar surface area (TPSA) is 54.4 Å². The highest BCUT2D eigenvalue weighted by molar-refractivity contribution is 5.83. The van der Waals surface area contributed by atoms with E-state index in [1.165, 1.54) is 0 Å². The highest BCUT2D eigenvalue weighted by Crippen LogP contribution is 2.23. The molecule has 0 heterocycles. The molecule has 0 aliphatic carbocycles. The zero-order valence-electron chi connectivity index (χ0n) is 12.5. The minimum absolute atomic E-state index is 0.133. The molecule has 0 saturated carbocycles. The summed E-state index contributed by atoms with van der Waals surface area (Å²) in [6.45, 7) is 6.94. The number of carbonyl (C=O) groups is 2. The number of ketones is 1. The number of hydrogen-bond donors (Lipinski definition) is 1. The Morgan fingerprint density at radius 2 is 1.72 bits per heavy atom. The average Bonchev–Trinajstić information content (AvgIpc) is 2.22. The number of rotatable bonds is 9. The summed E-state index contributed by atoms with van der Waals surface area (Å²) in [6, 6.07) is 0. The average molecular weight is 258 g/mol.